The zero-order valence-electron chi connectivity index (χ0n) is 10.7. The molecule has 0 fully saturated rings. The molecule has 1 aromatic rings. The summed E-state index contributed by atoms with van der Waals surface area (Å²) in [4.78, 5) is 34.1. The van der Waals surface area contributed by atoms with Crippen LogP contribution in [-0.2, 0) is 14.4 Å². The van der Waals surface area contributed by atoms with E-state index in [4.69, 9.17) is 14.6 Å². The molecular formula is C13H15NO6. The van der Waals surface area contributed by atoms with Crippen LogP contribution in [0.4, 0.5) is 0 Å². The molecule has 1 heterocycles. The molecule has 0 saturated heterocycles. The van der Waals surface area contributed by atoms with E-state index in [-0.39, 0.29) is 25.9 Å². The Hall–Kier alpha value is -2.57. The van der Waals surface area contributed by atoms with Gasteiger partial charge in [0.15, 0.2) is 0 Å². The van der Waals surface area contributed by atoms with E-state index in [0.717, 1.165) is 0 Å². The summed E-state index contributed by atoms with van der Waals surface area (Å²) in [6.45, 7) is -0.0755. The van der Waals surface area contributed by atoms with E-state index >= 15 is 0 Å². The van der Waals surface area contributed by atoms with Gasteiger partial charge in [0.1, 0.15) is 5.76 Å². The van der Waals surface area contributed by atoms with E-state index < -0.39 is 17.8 Å². The maximum Gasteiger partial charge on any atom is 0.305 e. The molecule has 7 heteroatoms. The molecule has 1 aromatic heterocycles. The number of furan rings is 1. The highest BCUT2D eigenvalue weighted by atomic mass is 16.4. The summed E-state index contributed by atoms with van der Waals surface area (Å²) in [5.74, 6) is -2.07. The summed E-state index contributed by atoms with van der Waals surface area (Å²) in [5.41, 5.74) is 0. The molecule has 20 heavy (non-hydrogen) atoms. The lowest BCUT2D eigenvalue weighted by Gasteiger charge is -2.19. The lowest BCUT2D eigenvalue weighted by Crippen LogP contribution is -2.33. The van der Waals surface area contributed by atoms with Gasteiger partial charge in [0.05, 0.1) is 19.1 Å². The SMILES string of the molecule is O=C(O)CCN(CCC(=O)O)C(=O)/C=C/c1ccco1. The molecule has 0 atom stereocenters. The van der Waals surface area contributed by atoms with Crippen molar-refractivity contribution in [1.29, 1.82) is 0 Å². The number of carboxylic acid groups (broad SMARTS) is 2. The van der Waals surface area contributed by atoms with Crippen molar-refractivity contribution in [3.8, 4) is 0 Å². The van der Waals surface area contributed by atoms with Gasteiger partial charge in [0.2, 0.25) is 5.91 Å². The Bertz CT molecular complexity index is 473. The highest BCUT2D eigenvalue weighted by Crippen LogP contribution is 2.04. The fraction of sp³-hybridized carbons (Fsp3) is 0.308. The normalized spacial score (nSPS) is 10.6. The van der Waals surface area contributed by atoms with Crippen LogP contribution < -0.4 is 0 Å². The Labute approximate surface area is 115 Å². The third-order valence-electron chi connectivity index (χ3n) is 2.44. The van der Waals surface area contributed by atoms with Gasteiger partial charge in [-0.05, 0) is 18.2 Å². The van der Waals surface area contributed by atoms with Crippen LogP contribution in [0.25, 0.3) is 6.08 Å². The lowest BCUT2D eigenvalue weighted by atomic mass is 10.3. The van der Waals surface area contributed by atoms with Gasteiger partial charge in [-0.3, -0.25) is 14.4 Å². The molecule has 0 aliphatic carbocycles. The predicted octanol–water partition coefficient (Wildman–Crippen LogP) is 1.07. The van der Waals surface area contributed by atoms with E-state index in [1.165, 1.54) is 23.3 Å². The van der Waals surface area contributed by atoms with E-state index in [1.807, 2.05) is 0 Å². The summed E-state index contributed by atoms with van der Waals surface area (Å²) < 4.78 is 5.01. The molecule has 0 aliphatic heterocycles. The minimum absolute atomic E-state index is 0.0378. The third kappa shape index (κ3) is 5.85. The molecule has 0 spiro atoms. The number of carbonyl (C=O) groups excluding carboxylic acids is 1. The van der Waals surface area contributed by atoms with Gasteiger partial charge in [-0.15, -0.1) is 0 Å². The molecule has 2 N–H and O–H groups in total. The smallest absolute Gasteiger partial charge is 0.305 e. The lowest BCUT2D eigenvalue weighted by molar-refractivity contribution is -0.138. The third-order valence-corrected chi connectivity index (χ3v) is 2.44. The summed E-state index contributed by atoms with van der Waals surface area (Å²) in [6.07, 6.45) is 3.65. The number of rotatable bonds is 8. The van der Waals surface area contributed by atoms with Crippen molar-refractivity contribution in [2.24, 2.45) is 0 Å². The van der Waals surface area contributed by atoms with Gasteiger partial charge >= 0.3 is 11.9 Å². The first-order chi connectivity index (χ1) is 9.49. The molecule has 7 nitrogen and oxygen atoms in total. The standard InChI is InChI=1S/C13H15NO6/c15-11(4-3-10-2-1-9-20-10)14(7-5-12(16)17)8-6-13(18)19/h1-4,9H,5-8H2,(H,16,17)(H,18,19)/b4-3+. The van der Waals surface area contributed by atoms with Gasteiger partial charge < -0.3 is 19.5 Å². The monoisotopic (exact) mass is 281 g/mol. The second kappa shape index (κ2) is 7.78. The predicted molar refractivity (Wildman–Crippen MR) is 68.8 cm³/mol. The van der Waals surface area contributed by atoms with Gasteiger partial charge in [-0.25, -0.2) is 0 Å². The van der Waals surface area contributed by atoms with Crippen molar-refractivity contribution in [3.05, 3.63) is 30.2 Å². The highest BCUT2D eigenvalue weighted by molar-refractivity contribution is 5.91. The van der Waals surface area contributed by atoms with E-state index in [9.17, 15) is 14.4 Å². The Balaban J connectivity index is 2.62. The fourth-order valence-corrected chi connectivity index (χ4v) is 1.44. The van der Waals surface area contributed by atoms with Crippen LogP contribution in [0, 0.1) is 0 Å². The van der Waals surface area contributed by atoms with Crippen LogP contribution in [0.3, 0.4) is 0 Å². The van der Waals surface area contributed by atoms with Crippen LogP contribution in [0.1, 0.15) is 18.6 Å². The van der Waals surface area contributed by atoms with Crippen molar-refractivity contribution in [2.75, 3.05) is 13.1 Å². The molecule has 0 unspecified atom stereocenters. The van der Waals surface area contributed by atoms with Crippen LogP contribution in [-0.4, -0.2) is 46.0 Å². The Morgan fingerprint density at radius 2 is 1.75 bits per heavy atom. The van der Waals surface area contributed by atoms with Crippen molar-refractivity contribution in [3.63, 3.8) is 0 Å². The molecule has 1 rings (SSSR count). The van der Waals surface area contributed by atoms with Gasteiger partial charge in [-0.1, -0.05) is 0 Å². The van der Waals surface area contributed by atoms with Crippen LogP contribution in [0.5, 0.6) is 0 Å². The Morgan fingerprint density at radius 3 is 2.20 bits per heavy atom. The van der Waals surface area contributed by atoms with Crippen LogP contribution in [0.2, 0.25) is 0 Å². The van der Waals surface area contributed by atoms with E-state index in [2.05, 4.69) is 0 Å². The van der Waals surface area contributed by atoms with Crippen molar-refractivity contribution < 1.29 is 29.0 Å². The molecule has 108 valence electrons. The second-order valence-electron chi connectivity index (χ2n) is 3.96. The quantitative estimate of drug-likeness (QED) is 0.690. The molecule has 0 radical (unpaired) electrons. The highest BCUT2D eigenvalue weighted by Gasteiger charge is 2.13. The second-order valence-corrected chi connectivity index (χ2v) is 3.96. The zero-order chi connectivity index (χ0) is 15.0. The number of hydrogen-bond donors (Lipinski definition) is 2. The maximum atomic E-state index is 11.9. The first-order valence-corrected chi connectivity index (χ1v) is 5.93. The summed E-state index contributed by atoms with van der Waals surface area (Å²) in [5, 5.41) is 17.2. The maximum absolute atomic E-state index is 11.9. The first kappa shape index (κ1) is 15.5. The van der Waals surface area contributed by atoms with Crippen molar-refractivity contribution in [2.45, 2.75) is 12.8 Å². The van der Waals surface area contributed by atoms with Gasteiger partial charge in [0, 0.05) is 19.2 Å². The van der Waals surface area contributed by atoms with E-state index in [0.29, 0.717) is 5.76 Å². The number of aliphatic carboxylic acids is 2. The van der Waals surface area contributed by atoms with Crippen LogP contribution >= 0.6 is 0 Å². The van der Waals surface area contributed by atoms with Crippen LogP contribution in [0.15, 0.2) is 28.9 Å². The molecule has 0 bridgehead atoms. The first-order valence-electron chi connectivity index (χ1n) is 5.93. The van der Waals surface area contributed by atoms with Crippen molar-refractivity contribution >= 4 is 23.9 Å². The number of hydrogen-bond acceptors (Lipinski definition) is 4. The van der Waals surface area contributed by atoms with E-state index in [1.54, 1.807) is 12.1 Å². The van der Waals surface area contributed by atoms with Crippen molar-refractivity contribution in [1.82, 2.24) is 4.90 Å². The molecule has 0 aliphatic rings. The zero-order valence-corrected chi connectivity index (χ0v) is 10.7. The summed E-state index contributed by atoms with van der Waals surface area (Å²) in [6, 6.07) is 3.32. The molecule has 1 amide bonds. The minimum atomic E-state index is -1.05. The molecule has 0 saturated carbocycles. The summed E-state index contributed by atoms with van der Waals surface area (Å²) in [7, 11) is 0. The molecular weight excluding hydrogens is 266 g/mol. The fourth-order valence-electron chi connectivity index (χ4n) is 1.44. The number of nitrogens with zero attached hydrogens (tertiary/aromatic N) is 1. The van der Waals surface area contributed by atoms with Gasteiger partial charge in [-0.2, -0.15) is 0 Å². The largest absolute Gasteiger partial charge is 0.481 e. The Kier molecular flexibility index (Phi) is 6.02. The summed E-state index contributed by atoms with van der Waals surface area (Å²) >= 11 is 0. The number of carbonyl (C=O) groups is 3. The Morgan fingerprint density at radius 1 is 1.15 bits per heavy atom. The average Bonchev–Trinajstić information content (AvgIpc) is 2.88. The van der Waals surface area contributed by atoms with Gasteiger partial charge in [0.25, 0.3) is 0 Å². The average molecular weight is 281 g/mol. The minimum Gasteiger partial charge on any atom is -0.481 e. The number of carboxylic acids is 2. The topological polar surface area (TPSA) is 108 Å². The molecule has 0 aromatic carbocycles. The number of amides is 1.